The molecule has 2 heteroatoms. The van der Waals surface area contributed by atoms with E-state index >= 15 is 0 Å². The van der Waals surface area contributed by atoms with Crippen LogP contribution < -0.4 is 0 Å². The topological polar surface area (TPSA) is 25.8 Å². The summed E-state index contributed by atoms with van der Waals surface area (Å²) in [5, 5.41) is 0. The molecule has 0 saturated heterocycles. The van der Waals surface area contributed by atoms with E-state index in [9.17, 15) is 0 Å². The maximum absolute atomic E-state index is 4.50. The van der Waals surface area contributed by atoms with Crippen molar-refractivity contribution in [1.29, 1.82) is 0 Å². The predicted octanol–water partition coefficient (Wildman–Crippen LogP) is 5.78. The van der Waals surface area contributed by atoms with Gasteiger partial charge >= 0.3 is 0 Å². The Bertz CT molecular complexity index is 495. The van der Waals surface area contributed by atoms with E-state index in [1.165, 1.54) is 32.1 Å². The van der Waals surface area contributed by atoms with Gasteiger partial charge in [0.25, 0.3) is 0 Å². The van der Waals surface area contributed by atoms with Gasteiger partial charge in [-0.2, -0.15) is 0 Å². The second-order valence-corrected chi connectivity index (χ2v) is 6.91. The molecule has 0 radical (unpaired) electrons. The lowest BCUT2D eigenvalue weighted by Gasteiger charge is -2.39. The second-order valence-electron chi connectivity index (χ2n) is 6.91. The molecule has 1 heterocycles. The first kappa shape index (κ1) is 16.9. The van der Waals surface area contributed by atoms with Gasteiger partial charge in [0.1, 0.15) is 5.82 Å². The molecule has 0 fully saturated rings. The summed E-state index contributed by atoms with van der Waals surface area (Å²) in [6, 6.07) is 0. The molecule has 1 aromatic heterocycles. The summed E-state index contributed by atoms with van der Waals surface area (Å²) in [7, 11) is 0. The zero-order chi connectivity index (χ0) is 16.0. The van der Waals surface area contributed by atoms with Crippen molar-refractivity contribution in [2.75, 3.05) is 0 Å². The maximum atomic E-state index is 4.50. The lowest BCUT2D eigenvalue weighted by atomic mass is 9.66. The highest BCUT2D eigenvalue weighted by Gasteiger charge is 2.33. The largest absolute Gasteiger partial charge is 0.240 e. The molecule has 0 saturated carbocycles. The molecule has 22 heavy (non-hydrogen) atoms. The molecule has 2 unspecified atom stereocenters. The van der Waals surface area contributed by atoms with Crippen molar-refractivity contribution in [3.05, 3.63) is 42.5 Å². The Labute approximate surface area is 135 Å². The SMILES string of the molecule is C=Cc1cnc(C2C=CC(C(C)(CCC)CCC)CC2)nc1. The van der Waals surface area contributed by atoms with Gasteiger partial charge in [0, 0.05) is 23.9 Å². The smallest absolute Gasteiger partial charge is 0.135 e. The Balaban J connectivity index is 2.08. The third-order valence-electron chi connectivity index (χ3n) is 5.16. The van der Waals surface area contributed by atoms with Crippen LogP contribution >= 0.6 is 0 Å². The van der Waals surface area contributed by atoms with Gasteiger partial charge in [-0.3, -0.25) is 0 Å². The first-order chi connectivity index (χ1) is 10.6. The van der Waals surface area contributed by atoms with Crippen LogP contribution in [0.2, 0.25) is 0 Å². The molecule has 1 aliphatic carbocycles. The molecule has 1 aliphatic rings. The summed E-state index contributed by atoms with van der Waals surface area (Å²) in [5.41, 5.74) is 1.44. The second kappa shape index (κ2) is 7.71. The van der Waals surface area contributed by atoms with Crippen LogP contribution in [0.3, 0.4) is 0 Å². The third-order valence-corrected chi connectivity index (χ3v) is 5.16. The quantitative estimate of drug-likeness (QED) is 0.597. The zero-order valence-corrected chi connectivity index (χ0v) is 14.4. The van der Waals surface area contributed by atoms with Gasteiger partial charge in [-0.05, 0) is 37.0 Å². The van der Waals surface area contributed by atoms with Crippen molar-refractivity contribution in [1.82, 2.24) is 9.97 Å². The fourth-order valence-corrected chi connectivity index (χ4v) is 3.90. The molecule has 0 aliphatic heterocycles. The summed E-state index contributed by atoms with van der Waals surface area (Å²) in [5.74, 6) is 2.03. The van der Waals surface area contributed by atoms with Gasteiger partial charge in [-0.25, -0.2) is 9.97 Å². The monoisotopic (exact) mass is 298 g/mol. The minimum absolute atomic E-state index is 0.377. The van der Waals surface area contributed by atoms with Crippen LogP contribution in [0.25, 0.3) is 6.08 Å². The standard InChI is InChI=1S/C20H30N2/c1-5-12-20(4,13-6-2)18-10-8-17(9-11-18)19-21-14-16(7-3)15-22-19/h7-8,10,14-15,17-18H,3,5-6,9,11-13H2,1-2,4H3. The highest BCUT2D eigenvalue weighted by atomic mass is 14.9. The Morgan fingerprint density at radius 1 is 1.14 bits per heavy atom. The number of nitrogens with zero attached hydrogens (tertiary/aromatic N) is 2. The Hall–Kier alpha value is -1.44. The Morgan fingerprint density at radius 2 is 1.77 bits per heavy atom. The molecule has 0 amide bonds. The van der Waals surface area contributed by atoms with Gasteiger partial charge in [-0.15, -0.1) is 0 Å². The fraction of sp³-hybridized carbons (Fsp3) is 0.600. The first-order valence-electron chi connectivity index (χ1n) is 8.75. The van der Waals surface area contributed by atoms with Crippen molar-refractivity contribution in [3.8, 4) is 0 Å². The van der Waals surface area contributed by atoms with Gasteiger partial charge < -0.3 is 0 Å². The van der Waals surface area contributed by atoms with Gasteiger partial charge in [-0.1, -0.05) is 58.4 Å². The molecule has 0 N–H and O–H groups in total. The van der Waals surface area contributed by atoms with Crippen LogP contribution in [0.1, 0.15) is 76.6 Å². The van der Waals surface area contributed by atoms with Gasteiger partial charge in [0.05, 0.1) is 0 Å². The minimum Gasteiger partial charge on any atom is -0.240 e. The molecule has 2 rings (SSSR count). The average Bonchev–Trinajstić information content (AvgIpc) is 2.55. The predicted molar refractivity (Wildman–Crippen MR) is 94.7 cm³/mol. The van der Waals surface area contributed by atoms with Crippen LogP contribution in [-0.4, -0.2) is 9.97 Å². The normalized spacial score (nSPS) is 21.8. The summed E-state index contributed by atoms with van der Waals surface area (Å²) in [6.45, 7) is 10.8. The van der Waals surface area contributed by atoms with Gasteiger partial charge in [0.2, 0.25) is 0 Å². The highest BCUT2D eigenvalue weighted by Crippen LogP contribution is 2.44. The number of allylic oxidation sites excluding steroid dienone is 2. The van der Waals surface area contributed by atoms with Crippen molar-refractivity contribution >= 4 is 6.08 Å². The van der Waals surface area contributed by atoms with E-state index in [0.29, 0.717) is 17.3 Å². The van der Waals surface area contributed by atoms with Crippen molar-refractivity contribution < 1.29 is 0 Å². The van der Waals surface area contributed by atoms with Crippen molar-refractivity contribution in [3.63, 3.8) is 0 Å². The van der Waals surface area contributed by atoms with Crippen LogP contribution in [-0.2, 0) is 0 Å². The molecule has 0 spiro atoms. The number of aromatic nitrogens is 2. The molecule has 0 aromatic carbocycles. The summed E-state index contributed by atoms with van der Waals surface area (Å²) in [4.78, 5) is 9.00. The van der Waals surface area contributed by atoms with E-state index in [1.807, 2.05) is 12.4 Å². The van der Waals surface area contributed by atoms with Crippen LogP contribution in [0.15, 0.2) is 31.1 Å². The Morgan fingerprint density at radius 3 is 2.23 bits per heavy atom. The summed E-state index contributed by atoms with van der Waals surface area (Å²) >= 11 is 0. The van der Waals surface area contributed by atoms with E-state index in [-0.39, 0.29) is 0 Å². The Kier molecular flexibility index (Phi) is 5.93. The average molecular weight is 298 g/mol. The lowest BCUT2D eigenvalue weighted by molar-refractivity contribution is 0.168. The molecule has 2 nitrogen and oxygen atoms in total. The lowest BCUT2D eigenvalue weighted by Crippen LogP contribution is -2.28. The van der Waals surface area contributed by atoms with E-state index in [0.717, 1.165) is 17.8 Å². The van der Waals surface area contributed by atoms with E-state index < -0.39 is 0 Å². The molecule has 2 atom stereocenters. The minimum atomic E-state index is 0.377. The van der Waals surface area contributed by atoms with Crippen LogP contribution in [0.5, 0.6) is 0 Å². The highest BCUT2D eigenvalue weighted by molar-refractivity contribution is 5.43. The van der Waals surface area contributed by atoms with Crippen molar-refractivity contribution in [2.24, 2.45) is 11.3 Å². The number of hydrogen-bond donors (Lipinski definition) is 0. The molecular weight excluding hydrogens is 268 g/mol. The van der Waals surface area contributed by atoms with E-state index in [4.69, 9.17) is 0 Å². The van der Waals surface area contributed by atoms with Gasteiger partial charge in [0.15, 0.2) is 0 Å². The number of hydrogen-bond acceptors (Lipinski definition) is 2. The maximum Gasteiger partial charge on any atom is 0.135 e. The molecule has 0 bridgehead atoms. The molecular formula is C20H30N2. The van der Waals surface area contributed by atoms with E-state index in [2.05, 4.69) is 49.5 Å². The molecule has 1 aromatic rings. The summed E-state index contributed by atoms with van der Waals surface area (Å²) in [6.07, 6.45) is 17.9. The van der Waals surface area contributed by atoms with Crippen molar-refractivity contribution in [2.45, 2.75) is 65.2 Å². The number of rotatable bonds is 7. The third kappa shape index (κ3) is 3.85. The fourth-order valence-electron chi connectivity index (χ4n) is 3.90. The first-order valence-corrected chi connectivity index (χ1v) is 8.75. The zero-order valence-electron chi connectivity index (χ0n) is 14.4. The van der Waals surface area contributed by atoms with Crippen LogP contribution in [0, 0.1) is 11.3 Å². The van der Waals surface area contributed by atoms with Crippen LogP contribution in [0.4, 0.5) is 0 Å². The summed E-state index contributed by atoms with van der Waals surface area (Å²) < 4.78 is 0. The molecule has 120 valence electrons. The van der Waals surface area contributed by atoms with E-state index in [1.54, 1.807) is 6.08 Å².